The lowest BCUT2D eigenvalue weighted by atomic mass is 10.1. The molecule has 0 bridgehead atoms. The molecule has 0 unspecified atom stereocenters. The van der Waals surface area contributed by atoms with Gasteiger partial charge in [-0.2, -0.15) is 0 Å². The molecule has 0 aliphatic rings. The third kappa shape index (κ3) is 5.96. The first kappa shape index (κ1) is 17.8. The van der Waals surface area contributed by atoms with Crippen molar-refractivity contribution in [2.45, 2.75) is 6.61 Å². The van der Waals surface area contributed by atoms with E-state index in [-0.39, 0.29) is 25.4 Å². The topological polar surface area (TPSA) is 61.8 Å². The van der Waals surface area contributed by atoms with Crippen molar-refractivity contribution in [2.75, 3.05) is 13.2 Å². The van der Waals surface area contributed by atoms with Gasteiger partial charge in [-0.1, -0.05) is 30.4 Å². The molecule has 0 aromatic heterocycles. The minimum Gasteiger partial charge on any atom is -0.283 e. The fraction of sp³-hybridized carbons (Fsp3) is 0.214. The van der Waals surface area contributed by atoms with Gasteiger partial charge in [0.05, 0.1) is 19.8 Å². The average molecular weight is 331 g/mol. The van der Waals surface area contributed by atoms with E-state index in [4.69, 9.17) is 25.2 Å². The Balaban J connectivity index is 2.81. The van der Waals surface area contributed by atoms with Gasteiger partial charge in [-0.25, -0.2) is 4.57 Å². The van der Waals surface area contributed by atoms with Crippen molar-refractivity contribution >= 4 is 24.7 Å². The van der Waals surface area contributed by atoms with Crippen molar-refractivity contribution < 1.29 is 22.9 Å². The van der Waals surface area contributed by atoms with Crippen LogP contribution in [0.2, 0.25) is 0 Å². The van der Waals surface area contributed by atoms with E-state index >= 15 is 0 Å². The quantitative estimate of drug-likeness (QED) is 0.367. The molecule has 0 aliphatic carbocycles. The maximum atomic E-state index is 12.3. The van der Waals surface area contributed by atoms with Gasteiger partial charge in [0.2, 0.25) is 0 Å². The van der Waals surface area contributed by atoms with Crippen molar-refractivity contribution in [3.05, 3.63) is 60.7 Å². The zero-order valence-electron chi connectivity index (χ0n) is 11.4. The highest BCUT2D eigenvalue weighted by Gasteiger charge is 2.26. The van der Waals surface area contributed by atoms with Gasteiger partial charge in [-0.3, -0.25) is 18.4 Å². The van der Waals surface area contributed by atoms with E-state index < -0.39 is 13.1 Å². The maximum Gasteiger partial charge on any atom is 0.475 e. The third-order valence-corrected chi connectivity index (χ3v) is 3.89. The number of carbonyl (C=O) groups is 1. The summed E-state index contributed by atoms with van der Waals surface area (Å²) in [6.45, 7) is 6.79. The Hall–Kier alpha value is -1.23. The van der Waals surface area contributed by atoms with Crippen LogP contribution < -0.4 is 0 Å². The van der Waals surface area contributed by atoms with E-state index in [2.05, 4.69) is 13.2 Å². The van der Waals surface area contributed by atoms with Gasteiger partial charge in [0, 0.05) is 5.56 Å². The van der Waals surface area contributed by atoms with Crippen LogP contribution in [-0.4, -0.2) is 18.5 Å². The Labute approximate surface area is 128 Å². The minimum absolute atomic E-state index is 0.00447. The Bertz CT molecular complexity index is 542. The molecule has 0 N–H and O–H groups in total. The average Bonchev–Trinajstić information content (AvgIpc) is 2.49. The summed E-state index contributed by atoms with van der Waals surface area (Å²) in [7, 11) is -3.76. The largest absolute Gasteiger partial charge is 0.475 e. The standard InChI is InChI=1S/C14H16ClO5P/c1-3-9-18-21(17,19-10-4-2)20-11-12-7-5-6-8-13(12)14(15)16/h3-8H,1-2,9-11H2. The smallest absolute Gasteiger partial charge is 0.283 e. The van der Waals surface area contributed by atoms with E-state index in [0.717, 1.165) is 0 Å². The van der Waals surface area contributed by atoms with E-state index in [1.54, 1.807) is 24.3 Å². The van der Waals surface area contributed by atoms with Gasteiger partial charge in [-0.15, -0.1) is 13.2 Å². The molecule has 5 nitrogen and oxygen atoms in total. The van der Waals surface area contributed by atoms with Gasteiger partial charge >= 0.3 is 7.82 Å². The number of hydrogen-bond acceptors (Lipinski definition) is 5. The first-order valence-electron chi connectivity index (χ1n) is 6.05. The number of halogens is 1. The van der Waals surface area contributed by atoms with E-state index in [9.17, 15) is 9.36 Å². The second-order valence-corrected chi connectivity index (χ2v) is 5.83. The molecule has 0 saturated carbocycles. The molecule has 114 valence electrons. The zero-order chi connectivity index (χ0) is 15.7. The number of phosphoric acid groups is 1. The van der Waals surface area contributed by atoms with Crippen LogP contribution in [-0.2, 0) is 24.7 Å². The van der Waals surface area contributed by atoms with Gasteiger partial charge in [0.25, 0.3) is 5.24 Å². The summed E-state index contributed by atoms with van der Waals surface area (Å²) in [4.78, 5) is 11.3. The van der Waals surface area contributed by atoms with Crippen LogP contribution in [0.1, 0.15) is 15.9 Å². The predicted octanol–water partition coefficient (Wildman–Crippen LogP) is 4.10. The van der Waals surface area contributed by atoms with E-state index in [1.165, 1.54) is 12.2 Å². The monoisotopic (exact) mass is 330 g/mol. The van der Waals surface area contributed by atoms with Crippen LogP contribution in [0.15, 0.2) is 49.6 Å². The molecule has 7 heteroatoms. The fourth-order valence-electron chi connectivity index (χ4n) is 1.39. The lowest BCUT2D eigenvalue weighted by Gasteiger charge is -2.17. The van der Waals surface area contributed by atoms with E-state index in [1.807, 2.05) is 0 Å². The SMILES string of the molecule is C=CCOP(=O)(OCC=C)OCc1ccccc1C(=O)Cl. The highest BCUT2D eigenvalue weighted by Crippen LogP contribution is 2.50. The first-order chi connectivity index (χ1) is 10.0. The van der Waals surface area contributed by atoms with Crippen molar-refractivity contribution in [1.82, 2.24) is 0 Å². The number of carbonyl (C=O) groups excluding carboxylic acids is 1. The Morgan fingerprint density at radius 1 is 1.14 bits per heavy atom. The molecule has 1 aromatic rings. The van der Waals surface area contributed by atoms with E-state index in [0.29, 0.717) is 5.56 Å². The molecule has 0 amide bonds. The highest BCUT2D eigenvalue weighted by atomic mass is 35.5. The molecular weight excluding hydrogens is 315 g/mol. The lowest BCUT2D eigenvalue weighted by molar-refractivity contribution is 0.107. The molecule has 1 rings (SSSR count). The van der Waals surface area contributed by atoms with Crippen molar-refractivity contribution in [2.24, 2.45) is 0 Å². The molecule has 0 saturated heterocycles. The lowest BCUT2D eigenvalue weighted by Crippen LogP contribution is -2.04. The summed E-state index contributed by atoms with van der Waals surface area (Å²) < 4.78 is 27.6. The third-order valence-electron chi connectivity index (χ3n) is 2.31. The Morgan fingerprint density at radius 2 is 1.71 bits per heavy atom. The first-order valence-corrected chi connectivity index (χ1v) is 7.89. The van der Waals surface area contributed by atoms with Crippen LogP contribution in [0.4, 0.5) is 0 Å². The van der Waals surface area contributed by atoms with Crippen molar-refractivity contribution in [3.8, 4) is 0 Å². The summed E-state index contributed by atoms with van der Waals surface area (Å²) in [5.74, 6) is 0. The highest BCUT2D eigenvalue weighted by molar-refractivity contribution is 7.48. The van der Waals surface area contributed by atoms with Crippen LogP contribution in [0.25, 0.3) is 0 Å². The van der Waals surface area contributed by atoms with Crippen LogP contribution >= 0.6 is 19.4 Å². The predicted molar refractivity (Wildman–Crippen MR) is 81.3 cm³/mol. The van der Waals surface area contributed by atoms with Gasteiger partial charge in [-0.05, 0) is 23.2 Å². The van der Waals surface area contributed by atoms with Crippen LogP contribution in [0.3, 0.4) is 0 Å². The van der Waals surface area contributed by atoms with Crippen LogP contribution in [0, 0.1) is 0 Å². The number of phosphoric ester groups is 1. The molecule has 0 fully saturated rings. The fourth-order valence-corrected chi connectivity index (χ4v) is 2.67. The molecule has 1 aromatic carbocycles. The second-order valence-electron chi connectivity index (χ2n) is 3.82. The van der Waals surface area contributed by atoms with Crippen molar-refractivity contribution in [1.29, 1.82) is 0 Å². The summed E-state index contributed by atoms with van der Waals surface area (Å²) in [5, 5.41) is -0.622. The van der Waals surface area contributed by atoms with Crippen molar-refractivity contribution in [3.63, 3.8) is 0 Å². The summed E-state index contributed by atoms with van der Waals surface area (Å²) in [5.41, 5.74) is 0.764. The molecule has 0 atom stereocenters. The number of benzene rings is 1. The summed E-state index contributed by atoms with van der Waals surface area (Å²) in [6, 6.07) is 6.57. The Kier molecular flexibility index (Phi) is 7.57. The summed E-state index contributed by atoms with van der Waals surface area (Å²) >= 11 is 5.47. The number of rotatable bonds is 10. The molecule has 0 spiro atoms. The Morgan fingerprint density at radius 3 is 2.24 bits per heavy atom. The second kappa shape index (κ2) is 8.93. The molecule has 0 heterocycles. The molecule has 21 heavy (non-hydrogen) atoms. The number of hydrogen-bond donors (Lipinski definition) is 0. The minimum atomic E-state index is -3.76. The van der Waals surface area contributed by atoms with Gasteiger partial charge in [0.1, 0.15) is 0 Å². The zero-order valence-corrected chi connectivity index (χ0v) is 13.0. The molecule has 0 radical (unpaired) electrons. The van der Waals surface area contributed by atoms with Gasteiger partial charge in [0.15, 0.2) is 0 Å². The maximum absolute atomic E-state index is 12.3. The van der Waals surface area contributed by atoms with Gasteiger partial charge < -0.3 is 0 Å². The molecular formula is C14H16ClO5P. The molecule has 0 aliphatic heterocycles. The van der Waals surface area contributed by atoms with Crippen LogP contribution in [0.5, 0.6) is 0 Å². The summed E-state index contributed by atoms with van der Waals surface area (Å²) in [6.07, 6.45) is 2.84. The normalized spacial score (nSPS) is 11.1.